The summed E-state index contributed by atoms with van der Waals surface area (Å²) >= 11 is 0. The van der Waals surface area contributed by atoms with E-state index in [1.165, 1.54) is 0 Å². The second kappa shape index (κ2) is 9.47. The summed E-state index contributed by atoms with van der Waals surface area (Å²) in [6.45, 7) is 3.99. The van der Waals surface area contributed by atoms with Gasteiger partial charge in [0.2, 0.25) is 11.8 Å². The highest BCUT2D eigenvalue weighted by Gasteiger charge is 2.09. The predicted molar refractivity (Wildman–Crippen MR) is 125 cm³/mol. The van der Waals surface area contributed by atoms with Crippen LogP contribution in [0, 0.1) is 37.0 Å². The van der Waals surface area contributed by atoms with Gasteiger partial charge in [-0.1, -0.05) is 30.0 Å². The Balaban J connectivity index is 1.52. The van der Waals surface area contributed by atoms with Gasteiger partial charge in [-0.25, -0.2) is 4.98 Å². The molecule has 0 unspecified atom stereocenters. The van der Waals surface area contributed by atoms with E-state index in [9.17, 15) is 0 Å². The van der Waals surface area contributed by atoms with Crippen molar-refractivity contribution in [2.24, 2.45) is 0 Å². The highest BCUT2D eigenvalue weighted by Crippen LogP contribution is 2.29. The molecule has 5 heteroatoms. The number of nitrogens with one attached hydrogen (secondary N) is 1. The first-order chi connectivity index (χ1) is 15.6. The molecule has 0 spiro atoms. The van der Waals surface area contributed by atoms with Crippen molar-refractivity contribution >= 4 is 11.6 Å². The summed E-state index contributed by atoms with van der Waals surface area (Å²) in [7, 11) is 0. The molecule has 1 heterocycles. The summed E-state index contributed by atoms with van der Waals surface area (Å²) < 4.78 is 6.09. The molecule has 0 atom stereocenters. The second-order valence-electron chi connectivity index (χ2n) is 7.19. The average Bonchev–Trinajstić information content (AvgIpc) is 2.81. The van der Waals surface area contributed by atoms with Crippen LogP contribution in [0.25, 0.3) is 0 Å². The Morgan fingerprint density at radius 3 is 2.19 bits per heavy atom. The van der Waals surface area contributed by atoms with Gasteiger partial charge in [-0.15, -0.1) is 0 Å². The van der Waals surface area contributed by atoms with E-state index in [0.29, 0.717) is 17.4 Å². The van der Waals surface area contributed by atoms with E-state index in [1.807, 2.05) is 56.3 Å². The summed E-state index contributed by atoms with van der Waals surface area (Å²) in [5.74, 6) is 8.00. The summed E-state index contributed by atoms with van der Waals surface area (Å²) in [4.78, 5) is 8.69. The Kier molecular flexibility index (Phi) is 6.11. The molecule has 0 radical (unpaired) electrons. The van der Waals surface area contributed by atoms with Crippen molar-refractivity contribution < 1.29 is 4.74 Å². The first kappa shape index (κ1) is 20.7. The van der Waals surface area contributed by atoms with Gasteiger partial charge in [0.1, 0.15) is 5.75 Å². The molecular weight excluding hydrogens is 396 g/mol. The second-order valence-corrected chi connectivity index (χ2v) is 7.19. The van der Waals surface area contributed by atoms with Crippen molar-refractivity contribution in [3.8, 4) is 29.5 Å². The van der Waals surface area contributed by atoms with Gasteiger partial charge in [-0.3, -0.25) is 0 Å². The Hall–Kier alpha value is -4.61. The number of aromatic nitrogens is 2. The highest BCUT2D eigenvalue weighted by molar-refractivity contribution is 5.55. The molecular formula is C27H20N4O. The zero-order chi connectivity index (χ0) is 22.3. The van der Waals surface area contributed by atoms with Crippen LogP contribution in [0.15, 0.2) is 79.0 Å². The minimum Gasteiger partial charge on any atom is -0.438 e. The number of hydrogen-bond donors (Lipinski definition) is 1. The number of hydrogen-bond acceptors (Lipinski definition) is 5. The Morgan fingerprint density at radius 1 is 0.812 bits per heavy atom. The number of anilines is 2. The number of ether oxygens (including phenoxy) is 1. The third kappa shape index (κ3) is 5.11. The van der Waals surface area contributed by atoms with Crippen LogP contribution >= 0.6 is 0 Å². The fraction of sp³-hybridized carbons (Fsp3) is 0.0741. The molecule has 0 amide bonds. The lowest BCUT2D eigenvalue weighted by atomic mass is 10.1. The van der Waals surface area contributed by atoms with Crippen molar-refractivity contribution in [1.29, 1.82) is 5.26 Å². The SMILES string of the molecule is Cc1cc(C#Cc2ccccc2)cc(C)c1Oc1ccnc(Nc2ccc(C#N)cc2)n1. The third-order valence-electron chi connectivity index (χ3n) is 4.69. The number of aryl methyl sites for hydroxylation is 2. The molecule has 0 fully saturated rings. The minimum absolute atomic E-state index is 0.410. The highest BCUT2D eigenvalue weighted by atomic mass is 16.5. The number of nitriles is 1. The van der Waals surface area contributed by atoms with Gasteiger partial charge >= 0.3 is 0 Å². The van der Waals surface area contributed by atoms with Crippen LogP contribution in [0.2, 0.25) is 0 Å². The van der Waals surface area contributed by atoms with Gasteiger partial charge in [0.15, 0.2) is 0 Å². The van der Waals surface area contributed by atoms with Crippen LogP contribution in [0.5, 0.6) is 11.6 Å². The maximum Gasteiger partial charge on any atom is 0.230 e. The molecule has 4 rings (SSSR count). The van der Waals surface area contributed by atoms with Crippen molar-refractivity contribution in [3.05, 3.63) is 107 Å². The fourth-order valence-electron chi connectivity index (χ4n) is 3.17. The summed E-state index contributed by atoms with van der Waals surface area (Å²) in [5.41, 5.74) is 5.24. The maximum atomic E-state index is 8.92. The number of nitrogens with zero attached hydrogens (tertiary/aromatic N) is 3. The van der Waals surface area contributed by atoms with E-state index >= 15 is 0 Å². The lowest BCUT2D eigenvalue weighted by molar-refractivity contribution is 0.455. The Labute approximate surface area is 187 Å². The smallest absolute Gasteiger partial charge is 0.230 e. The van der Waals surface area contributed by atoms with E-state index in [2.05, 4.69) is 33.2 Å². The molecule has 0 saturated heterocycles. The standard InChI is InChI=1S/C27H20N4O/c1-19-16-23(9-8-21-6-4-3-5-7-21)17-20(2)26(19)32-25-14-15-29-27(31-25)30-24-12-10-22(18-28)11-13-24/h3-7,10-17H,1-2H3,(H,29,30,31). The molecule has 154 valence electrons. The van der Waals surface area contributed by atoms with E-state index in [0.717, 1.165) is 33.7 Å². The Morgan fingerprint density at radius 2 is 1.50 bits per heavy atom. The number of rotatable bonds is 4. The first-order valence-corrected chi connectivity index (χ1v) is 10.1. The topological polar surface area (TPSA) is 70.8 Å². The molecule has 32 heavy (non-hydrogen) atoms. The first-order valence-electron chi connectivity index (χ1n) is 10.1. The zero-order valence-corrected chi connectivity index (χ0v) is 17.8. The van der Waals surface area contributed by atoms with E-state index in [-0.39, 0.29) is 0 Å². The zero-order valence-electron chi connectivity index (χ0n) is 17.8. The molecule has 5 nitrogen and oxygen atoms in total. The van der Waals surface area contributed by atoms with Gasteiger partial charge in [0.25, 0.3) is 0 Å². The lowest BCUT2D eigenvalue weighted by Crippen LogP contribution is -1.99. The maximum absolute atomic E-state index is 8.92. The molecule has 0 aliphatic heterocycles. The molecule has 1 aromatic heterocycles. The van der Waals surface area contributed by atoms with Crippen molar-refractivity contribution in [2.45, 2.75) is 13.8 Å². The third-order valence-corrected chi connectivity index (χ3v) is 4.69. The summed E-state index contributed by atoms with van der Waals surface area (Å²) in [5, 5.41) is 12.0. The van der Waals surface area contributed by atoms with Gasteiger partial charge in [0.05, 0.1) is 11.6 Å². The molecule has 0 aliphatic rings. The average molecular weight is 416 g/mol. The van der Waals surface area contributed by atoms with Crippen molar-refractivity contribution in [1.82, 2.24) is 9.97 Å². The van der Waals surface area contributed by atoms with Crippen LogP contribution in [0.3, 0.4) is 0 Å². The van der Waals surface area contributed by atoms with Crippen LogP contribution in [-0.4, -0.2) is 9.97 Å². The fourth-order valence-corrected chi connectivity index (χ4v) is 3.17. The van der Waals surface area contributed by atoms with E-state index in [1.54, 1.807) is 36.5 Å². The molecule has 0 bridgehead atoms. The Bertz CT molecular complexity index is 1320. The summed E-state index contributed by atoms with van der Waals surface area (Å²) in [6, 6.07) is 24.8. The van der Waals surface area contributed by atoms with Gasteiger partial charge in [-0.05, 0) is 73.5 Å². The largest absolute Gasteiger partial charge is 0.438 e. The summed E-state index contributed by atoms with van der Waals surface area (Å²) in [6.07, 6.45) is 1.64. The van der Waals surface area contributed by atoms with E-state index < -0.39 is 0 Å². The normalized spacial score (nSPS) is 9.91. The monoisotopic (exact) mass is 416 g/mol. The van der Waals surface area contributed by atoms with Crippen molar-refractivity contribution in [3.63, 3.8) is 0 Å². The predicted octanol–water partition coefficient (Wildman–Crippen LogP) is 5.90. The van der Waals surface area contributed by atoms with Gasteiger partial charge in [-0.2, -0.15) is 10.2 Å². The number of benzene rings is 3. The molecule has 1 N–H and O–H groups in total. The van der Waals surface area contributed by atoms with E-state index in [4.69, 9.17) is 10.00 Å². The lowest BCUT2D eigenvalue weighted by Gasteiger charge is -2.12. The quantitative estimate of drug-likeness (QED) is 0.419. The molecule has 0 aliphatic carbocycles. The molecule has 4 aromatic rings. The van der Waals surface area contributed by atoms with Crippen molar-refractivity contribution in [2.75, 3.05) is 5.32 Å². The molecule has 0 saturated carbocycles. The van der Waals surface area contributed by atoms with Crippen LogP contribution in [0.1, 0.15) is 27.8 Å². The molecule has 3 aromatic carbocycles. The van der Waals surface area contributed by atoms with Crippen LogP contribution < -0.4 is 10.1 Å². The van der Waals surface area contributed by atoms with Gasteiger partial charge in [0, 0.05) is 29.1 Å². The van der Waals surface area contributed by atoms with Gasteiger partial charge < -0.3 is 10.1 Å². The minimum atomic E-state index is 0.410. The van der Waals surface area contributed by atoms with Crippen LogP contribution in [0.4, 0.5) is 11.6 Å². The van der Waals surface area contributed by atoms with Crippen LogP contribution in [-0.2, 0) is 0 Å².